The summed E-state index contributed by atoms with van der Waals surface area (Å²) in [5.74, 6) is 4.09. The molecule has 1 heteroatoms. The Kier molecular flexibility index (Phi) is 47.8. The Morgan fingerprint density at radius 2 is 0.478 bits per heavy atom. The molecule has 1 nitrogen and oxygen atoms in total. The first-order chi connectivity index (χ1) is 50.2. The van der Waals surface area contributed by atoms with E-state index in [1.165, 1.54) is 168 Å². The third kappa shape index (κ3) is 26.1. The molecule has 616 valence electrons. The molecule has 115 heavy (non-hydrogen) atoms. The van der Waals surface area contributed by atoms with Crippen LogP contribution < -0.4 is 0 Å². The number of fused-ring (bicyclic) bond motifs is 12. The summed E-state index contributed by atoms with van der Waals surface area (Å²) in [4.78, 5) is 0. The maximum Gasteiger partial charge on any atom is 0.116 e. The molecule has 0 aliphatic carbocycles. The summed E-state index contributed by atoms with van der Waals surface area (Å²) in [7, 11) is 0. The topological polar surface area (TPSA) is 20.2 Å². The van der Waals surface area contributed by atoms with Gasteiger partial charge in [0.2, 0.25) is 0 Å². The van der Waals surface area contributed by atoms with E-state index in [2.05, 4.69) is 374 Å². The highest BCUT2D eigenvalue weighted by Crippen LogP contribution is 2.37. The number of phenols is 1. The van der Waals surface area contributed by atoms with Gasteiger partial charge < -0.3 is 5.11 Å². The van der Waals surface area contributed by atoms with Gasteiger partial charge in [0.05, 0.1) is 0 Å². The van der Waals surface area contributed by atoms with Crippen LogP contribution in [0.25, 0.3) is 108 Å². The lowest BCUT2D eigenvalue weighted by Gasteiger charge is -2.15. The maximum atomic E-state index is 9.71. The van der Waals surface area contributed by atoms with Crippen molar-refractivity contribution in [2.45, 2.75) is 246 Å². The van der Waals surface area contributed by atoms with Gasteiger partial charge in [-0.15, -0.1) is 0 Å². The van der Waals surface area contributed by atoms with Crippen molar-refractivity contribution in [3.63, 3.8) is 0 Å². The van der Waals surface area contributed by atoms with Gasteiger partial charge in [-0.3, -0.25) is 0 Å². The summed E-state index contributed by atoms with van der Waals surface area (Å²) in [5.41, 5.74) is 11.2. The molecule has 16 aromatic rings. The molecule has 16 rings (SSSR count). The second-order valence-corrected chi connectivity index (χ2v) is 28.7. The fraction of sp³-hybridized carbons (Fsp3) is 0.316. The van der Waals surface area contributed by atoms with Crippen LogP contribution in [0.15, 0.2) is 309 Å². The highest BCUT2D eigenvalue weighted by molar-refractivity contribution is 6.10. The van der Waals surface area contributed by atoms with E-state index in [0.717, 1.165) is 11.8 Å². The molecule has 1 N–H and O–H groups in total. The largest absolute Gasteiger partial charge is 0.508 e. The van der Waals surface area contributed by atoms with Gasteiger partial charge >= 0.3 is 0 Å². The van der Waals surface area contributed by atoms with Crippen LogP contribution in [-0.4, -0.2) is 5.11 Å². The molecule has 0 radical (unpaired) electrons. The van der Waals surface area contributed by atoms with Gasteiger partial charge in [0.15, 0.2) is 0 Å². The van der Waals surface area contributed by atoms with Crippen molar-refractivity contribution in [1.82, 2.24) is 0 Å². The average molecular weight is 1540 g/mol. The van der Waals surface area contributed by atoms with Crippen molar-refractivity contribution in [2.75, 3.05) is 0 Å². The van der Waals surface area contributed by atoms with E-state index in [-0.39, 0.29) is 89.1 Å². The quantitative estimate of drug-likeness (QED) is 0.0901. The number of rotatable bonds is 13. The van der Waals surface area contributed by atoms with Gasteiger partial charge in [0, 0.05) is 0 Å². The molecular formula is C114H154O. The minimum atomic E-state index is 0. The lowest BCUT2D eigenvalue weighted by Crippen LogP contribution is -1.93. The van der Waals surface area contributed by atoms with Crippen LogP contribution in [0.1, 0.15) is 280 Å². The molecule has 0 saturated heterocycles. The monoisotopic (exact) mass is 1540 g/mol. The van der Waals surface area contributed by atoms with Crippen LogP contribution in [0.2, 0.25) is 0 Å². The fourth-order valence-electron chi connectivity index (χ4n) is 14.1. The first-order valence-electron chi connectivity index (χ1n) is 38.2. The molecule has 6 atom stereocenters. The Morgan fingerprint density at radius 1 is 0.183 bits per heavy atom. The summed E-state index contributed by atoms with van der Waals surface area (Å²) < 4.78 is 0. The number of benzene rings is 16. The van der Waals surface area contributed by atoms with Gasteiger partial charge in [-0.05, 0) is 240 Å². The minimum absolute atomic E-state index is 0. The summed E-state index contributed by atoms with van der Waals surface area (Å²) in [6.45, 7) is 27.2. The van der Waals surface area contributed by atoms with Gasteiger partial charge in [-0.25, -0.2) is 0 Å². The first-order valence-corrected chi connectivity index (χ1v) is 38.2. The zero-order valence-corrected chi connectivity index (χ0v) is 63.1. The molecular weight excluding hydrogens is 1390 g/mol. The third-order valence-electron chi connectivity index (χ3n) is 22.0. The molecule has 6 unspecified atom stereocenters. The Hall–Kier alpha value is -10.3. The van der Waals surface area contributed by atoms with E-state index < -0.39 is 0 Å². The zero-order chi connectivity index (χ0) is 72.4. The molecule has 0 aliphatic rings. The SMILES string of the molecule is C.C.C.C.C.C.C.C.C.C.C.C.CCC(C)c1cc2ccccc2c2ccccc12.CCC(C)c1ccc(-c2ccccc2)cc1.CCC(C)c1ccc2cc3ccccc3cc2c1.CCC(C)c1ccc2ccc3ccc(O)cc3c2c1.CCC(C)c1ccc2ccc3ccccc3c2c1.CCC(C)c1cccc2ccccc12. The number of hydrogen-bond acceptors (Lipinski definition) is 1. The molecule has 0 saturated carbocycles. The second kappa shape index (κ2) is 51.5. The van der Waals surface area contributed by atoms with E-state index in [1.807, 2.05) is 12.1 Å². The summed E-state index contributed by atoms with van der Waals surface area (Å²) in [6.07, 6.45) is 7.11. The summed E-state index contributed by atoms with van der Waals surface area (Å²) in [6, 6.07) is 111. The summed E-state index contributed by atoms with van der Waals surface area (Å²) >= 11 is 0. The molecule has 0 fully saturated rings. The fourth-order valence-corrected chi connectivity index (χ4v) is 14.1. The standard InChI is InChI=1S/C18H18O.3C18H18.C16H18.C14H16.12CH4/c1-3-12(2)15-7-6-13-4-5-14-8-9-16(19)11-18(14)17(13)10-15;1-3-13(2)18-12-14-8-4-5-9-15(14)16-10-6-7-11-17(16)18;1-3-13(2)14-8-9-17-11-15-6-4-5-7-16(15)12-18(17)10-14;1-3-13(2)16-11-10-15-9-8-14-6-4-5-7-17(14)18(15)12-16;1-3-13(2)14-9-11-16(12-10-14)15-7-5-4-6-8-15;1-3-11(2)13-10-6-8-12-7-4-5-9-14(12)13;;;;;;;;;;;;/h4-12,19H,3H2,1-2H3;3*4-13H,3H2,1-2H3;4-13H,3H2,1-2H3;4-11H,3H2,1-2H3;12*1H4. The molecule has 0 aliphatic heterocycles. The lowest BCUT2D eigenvalue weighted by molar-refractivity contribution is 0.476. The van der Waals surface area contributed by atoms with Gasteiger partial charge in [0.25, 0.3) is 0 Å². The summed E-state index contributed by atoms with van der Waals surface area (Å²) in [5, 5.41) is 33.5. The molecule has 0 bridgehead atoms. The predicted octanol–water partition coefficient (Wildman–Crippen LogP) is 38.6. The van der Waals surface area contributed by atoms with E-state index in [0.29, 0.717) is 41.3 Å². The highest BCUT2D eigenvalue weighted by Gasteiger charge is 2.14. The molecule has 0 spiro atoms. The van der Waals surface area contributed by atoms with E-state index in [1.54, 1.807) is 6.07 Å². The number of hydrogen-bond donors (Lipinski definition) is 1. The van der Waals surface area contributed by atoms with Crippen molar-refractivity contribution in [2.24, 2.45) is 0 Å². The van der Waals surface area contributed by atoms with Crippen molar-refractivity contribution < 1.29 is 5.11 Å². The van der Waals surface area contributed by atoms with E-state index in [9.17, 15) is 5.11 Å². The van der Waals surface area contributed by atoms with Gasteiger partial charge in [0.1, 0.15) is 5.75 Å². The van der Waals surface area contributed by atoms with Gasteiger partial charge in [-0.2, -0.15) is 0 Å². The van der Waals surface area contributed by atoms with Crippen molar-refractivity contribution in [3.05, 3.63) is 343 Å². The minimum Gasteiger partial charge on any atom is -0.508 e. The number of phenolic OH excluding ortho intramolecular Hbond substituents is 1. The van der Waals surface area contributed by atoms with Crippen LogP contribution in [-0.2, 0) is 0 Å². The van der Waals surface area contributed by atoms with Crippen LogP contribution in [0.4, 0.5) is 0 Å². The average Bonchev–Trinajstić information content (AvgIpc) is 0.786. The van der Waals surface area contributed by atoms with Gasteiger partial charge in [-0.1, -0.05) is 457 Å². The Morgan fingerprint density at radius 3 is 0.965 bits per heavy atom. The second-order valence-electron chi connectivity index (χ2n) is 28.7. The molecule has 0 heterocycles. The smallest absolute Gasteiger partial charge is 0.116 e. The predicted molar refractivity (Wildman–Crippen MR) is 536 cm³/mol. The Bertz CT molecular complexity index is 5400. The van der Waals surface area contributed by atoms with Crippen LogP contribution >= 0.6 is 0 Å². The maximum absolute atomic E-state index is 9.71. The first kappa shape index (κ1) is 107. The van der Waals surface area contributed by atoms with Crippen LogP contribution in [0, 0.1) is 0 Å². The Labute approximate surface area is 703 Å². The zero-order valence-electron chi connectivity index (χ0n) is 63.1. The number of aromatic hydroxyl groups is 1. The van der Waals surface area contributed by atoms with Crippen molar-refractivity contribution in [3.8, 4) is 16.9 Å². The third-order valence-corrected chi connectivity index (χ3v) is 22.0. The van der Waals surface area contributed by atoms with Crippen molar-refractivity contribution in [1.29, 1.82) is 0 Å². The molecule has 0 aromatic heterocycles. The highest BCUT2D eigenvalue weighted by atomic mass is 16.3. The molecule has 0 amide bonds. The Balaban J connectivity index is 0. The molecule has 16 aromatic carbocycles. The normalized spacial score (nSPS) is 11.5. The van der Waals surface area contributed by atoms with E-state index >= 15 is 0 Å². The lowest BCUT2D eigenvalue weighted by atomic mass is 9.90. The van der Waals surface area contributed by atoms with Crippen molar-refractivity contribution >= 4 is 97.0 Å². The van der Waals surface area contributed by atoms with E-state index in [4.69, 9.17) is 0 Å². The van der Waals surface area contributed by atoms with Crippen LogP contribution in [0.5, 0.6) is 5.75 Å². The van der Waals surface area contributed by atoms with Crippen LogP contribution in [0.3, 0.4) is 0 Å².